The molecule has 1 N–H and O–H groups in total. The first-order chi connectivity index (χ1) is 10.1. The summed E-state index contributed by atoms with van der Waals surface area (Å²) in [6.45, 7) is 5.68. The molecule has 6 nitrogen and oxygen atoms in total. The van der Waals surface area contributed by atoms with E-state index in [4.69, 9.17) is 5.11 Å². The second kappa shape index (κ2) is 7.64. The van der Waals surface area contributed by atoms with Gasteiger partial charge in [-0.3, -0.25) is 9.69 Å². The number of carbonyl (C=O) groups excluding carboxylic acids is 1. The summed E-state index contributed by atoms with van der Waals surface area (Å²) in [6.07, 6.45) is 5.66. The summed E-state index contributed by atoms with van der Waals surface area (Å²) in [4.78, 5) is 29.3. The van der Waals surface area contributed by atoms with Crippen LogP contribution in [-0.4, -0.2) is 77.1 Å². The van der Waals surface area contributed by atoms with Gasteiger partial charge in [0, 0.05) is 38.8 Å². The smallest absolute Gasteiger partial charge is 0.320 e. The third-order valence-electron chi connectivity index (χ3n) is 4.60. The summed E-state index contributed by atoms with van der Waals surface area (Å²) >= 11 is 0. The standard InChI is InChI=1S/C15H27N3O3/c1-2-13-6-4-3-5-7-18(13)15(21)17-10-8-16(9-11-17)12-14(19)20/h13H,2-12H2,1H3,(H,19,20). The average molecular weight is 297 g/mol. The minimum atomic E-state index is -0.798. The summed E-state index contributed by atoms with van der Waals surface area (Å²) in [5.41, 5.74) is 0. The molecule has 1 atom stereocenters. The molecule has 21 heavy (non-hydrogen) atoms. The predicted octanol–water partition coefficient (Wildman–Crippen LogP) is 1.46. The van der Waals surface area contributed by atoms with Gasteiger partial charge in [0.2, 0.25) is 0 Å². The van der Waals surface area contributed by atoms with E-state index < -0.39 is 5.97 Å². The van der Waals surface area contributed by atoms with Gasteiger partial charge in [0.15, 0.2) is 0 Å². The highest BCUT2D eigenvalue weighted by Crippen LogP contribution is 2.21. The molecule has 2 aliphatic heterocycles. The van der Waals surface area contributed by atoms with Gasteiger partial charge in [-0.1, -0.05) is 19.8 Å². The zero-order valence-electron chi connectivity index (χ0n) is 13.0. The molecule has 6 heteroatoms. The molecule has 0 saturated carbocycles. The van der Waals surface area contributed by atoms with Crippen LogP contribution in [0, 0.1) is 0 Å². The Morgan fingerprint density at radius 1 is 1.05 bits per heavy atom. The van der Waals surface area contributed by atoms with Crippen LogP contribution in [0.25, 0.3) is 0 Å². The van der Waals surface area contributed by atoms with Crippen molar-refractivity contribution in [3.05, 3.63) is 0 Å². The van der Waals surface area contributed by atoms with Crippen LogP contribution in [0.1, 0.15) is 39.0 Å². The van der Waals surface area contributed by atoms with Gasteiger partial charge >= 0.3 is 12.0 Å². The van der Waals surface area contributed by atoms with Crippen molar-refractivity contribution < 1.29 is 14.7 Å². The minimum absolute atomic E-state index is 0.0727. The van der Waals surface area contributed by atoms with Gasteiger partial charge in [-0.2, -0.15) is 0 Å². The number of carboxylic acids is 1. The highest BCUT2D eigenvalue weighted by Gasteiger charge is 2.30. The normalized spacial score (nSPS) is 24.7. The topological polar surface area (TPSA) is 64.1 Å². The fraction of sp³-hybridized carbons (Fsp3) is 0.867. The maximum absolute atomic E-state index is 12.7. The van der Waals surface area contributed by atoms with Gasteiger partial charge in [-0.15, -0.1) is 0 Å². The highest BCUT2D eigenvalue weighted by molar-refractivity contribution is 5.75. The first-order valence-electron chi connectivity index (χ1n) is 8.11. The molecule has 2 saturated heterocycles. The molecule has 2 rings (SSSR count). The lowest BCUT2D eigenvalue weighted by molar-refractivity contribution is -0.138. The number of carbonyl (C=O) groups is 2. The molecule has 1 unspecified atom stereocenters. The van der Waals surface area contributed by atoms with Crippen molar-refractivity contribution in [2.75, 3.05) is 39.3 Å². The van der Waals surface area contributed by atoms with E-state index >= 15 is 0 Å². The van der Waals surface area contributed by atoms with Crippen LogP contribution in [0.2, 0.25) is 0 Å². The molecule has 0 bridgehead atoms. The van der Waals surface area contributed by atoms with Gasteiger partial charge in [-0.05, 0) is 19.3 Å². The van der Waals surface area contributed by atoms with E-state index in [1.807, 2.05) is 9.80 Å². The lowest BCUT2D eigenvalue weighted by atomic mass is 10.1. The van der Waals surface area contributed by atoms with Crippen molar-refractivity contribution in [1.82, 2.24) is 14.7 Å². The SMILES string of the molecule is CCC1CCCCCN1C(=O)N1CCN(CC(=O)O)CC1. The zero-order valence-corrected chi connectivity index (χ0v) is 13.0. The molecular weight excluding hydrogens is 270 g/mol. The van der Waals surface area contributed by atoms with Crippen LogP contribution < -0.4 is 0 Å². The summed E-state index contributed by atoms with van der Waals surface area (Å²) in [5.74, 6) is -0.798. The average Bonchev–Trinajstić information content (AvgIpc) is 2.71. The van der Waals surface area contributed by atoms with Crippen LogP contribution in [0.4, 0.5) is 4.79 Å². The Bertz CT molecular complexity index is 367. The van der Waals surface area contributed by atoms with E-state index in [2.05, 4.69) is 11.8 Å². The summed E-state index contributed by atoms with van der Waals surface area (Å²) in [7, 11) is 0. The van der Waals surface area contributed by atoms with Crippen molar-refractivity contribution in [3.63, 3.8) is 0 Å². The molecule has 0 radical (unpaired) electrons. The number of hydrogen-bond acceptors (Lipinski definition) is 3. The van der Waals surface area contributed by atoms with Crippen LogP contribution in [0.5, 0.6) is 0 Å². The molecule has 2 aliphatic rings. The van der Waals surface area contributed by atoms with Crippen LogP contribution in [-0.2, 0) is 4.79 Å². The zero-order chi connectivity index (χ0) is 15.2. The number of nitrogens with zero attached hydrogens (tertiary/aromatic N) is 3. The van der Waals surface area contributed by atoms with E-state index in [1.54, 1.807) is 0 Å². The maximum atomic E-state index is 12.7. The minimum Gasteiger partial charge on any atom is -0.480 e. The molecule has 0 aliphatic carbocycles. The van der Waals surface area contributed by atoms with Crippen LogP contribution >= 0.6 is 0 Å². The molecule has 2 amide bonds. The first kappa shape index (κ1) is 16.1. The van der Waals surface area contributed by atoms with Crippen molar-refractivity contribution in [2.45, 2.75) is 45.1 Å². The number of piperazine rings is 1. The van der Waals surface area contributed by atoms with E-state index in [9.17, 15) is 9.59 Å². The highest BCUT2D eigenvalue weighted by atomic mass is 16.4. The second-order valence-electron chi connectivity index (χ2n) is 6.04. The van der Waals surface area contributed by atoms with Gasteiger partial charge in [-0.25, -0.2) is 4.79 Å². The van der Waals surface area contributed by atoms with Gasteiger partial charge in [0.05, 0.1) is 6.54 Å². The van der Waals surface area contributed by atoms with E-state index in [1.165, 1.54) is 12.8 Å². The largest absolute Gasteiger partial charge is 0.480 e. The van der Waals surface area contributed by atoms with Gasteiger partial charge in [0.1, 0.15) is 0 Å². The number of likely N-dealkylation sites (tertiary alicyclic amines) is 1. The van der Waals surface area contributed by atoms with Crippen molar-refractivity contribution in [1.29, 1.82) is 0 Å². The quantitative estimate of drug-likeness (QED) is 0.856. The predicted molar refractivity (Wildman–Crippen MR) is 80.3 cm³/mol. The van der Waals surface area contributed by atoms with Gasteiger partial charge < -0.3 is 14.9 Å². The molecule has 120 valence electrons. The molecule has 0 spiro atoms. The third-order valence-corrected chi connectivity index (χ3v) is 4.60. The number of amides is 2. The molecule has 2 fully saturated rings. The first-order valence-corrected chi connectivity index (χ1v) is 8.11. The van der Waals surface area contributed by atoms with E-state index in [-0.39, 0.29) is 12.6 Å². The lowest BCUT2D eigenvalue weighted by Crippen LogP contribution is -2.55. The third kappa shape index (κ3) is 4.33. The number of urea groups is 1. The number of rotatable bonds is 3. The maximum Gasteiger partial charge on any atom is 0.320 e. The monoisotopic (exact) mass is 297 g/mol. The fourth-order valence-corrected chi connectivity index (χ4v) is 3.32. The Morgan fingerprint density at radius 3 is 2.38 bits per heavy atom. The van der Waals surface area contributed by atoms with E-state index in [0.29, 0.717) is 32.2 Å². The number of hydrogen-bond donors (Lipinski definition) is 1. The molecular formula is C15H27N3O3. The van der Waals surface area contributed by atoms with Crippen LogP contribution in [0.3, 0.4) is 0 Å². The number of carboxylic acid groups (broad SMARTS) is 1. The van der Waals surface area contributed by atoms with Crippen molar-refractivity contribution >= 4 is 12.0 Å². The molecule has 0 aromatic carbocycles. The molecule has 0 aromatic rings. The Labute approximate surface area is 126 Å². The Hall–Kier alpha value is -1.30. The molecule has 0 aromatic heterocycles. The van der Waals surface area contributed by atoms with Crippen molar-refractivity contribution in [2.24, 2.45) is 0 Å². The van der Waals surface area contributed by atoms with Crippen LogP contribution in [0.15, 0.2) is 0 Å². The van der Waals surface area contributed by atoms with E-state index in [0.717, 1.165) is 25.8 Å². The molecule has 2 heterocycles. The summed E-state index contributed by atoms with van der Waals surface area (Å²) in [5, 5.41) is 8.81. The van der Waals surface area contributed by atoms with Gasteiger partial charge in [0.25, 0.3) is 0 Å². The Kier molecular flexibility index (Phi) is 5.85. The second-order valence-corrected chi connectivity index (χ2v) is 6.04. The summed E-state index contributed by atoms with van der Waals surface area (Å²) in [6, 6.07) is 0.524. The lowest BCUT2D eigenvalue weighted by Gasteiger charge is -2.39. The Morgan fingerprint density at radius 2 is 1.76 bits per heavy atom. The Balaban J connectivity index is 1.89. The fourth-order valence-electron chi connectivity index (χ4n) is 3.32. The number of aliphatic carboxylic acids is 1. The summed E-state index contributed by atoms with van der Waals surface area (Å²) < 4.78 is 0. The van der Waals surface area contributed by atoms with Crippen molar-refractivity contribution in [3.8, 4) is 0 Å².